The molecule has 0 fully saturated rings. The summed E-state index contributed by atoms with van der Waals surface area (Å²) in [6.45, 7) is 8.63. The number of rotatable bonds is 4. The van der Waals surface area contributed by atoms with E-state index in [0.29, 0.717) is 6.61 Å². The Kier molecular flexibility index (Phi) is 3.81. The van der Waals surface area contributed by atoms with Crippen molar-refractivity contribution in [2.24, 2.45) is 0 Å². The van der Waals surface area contributed by atoms with Crippen molar-refractivity contribution in [3.8, 4) is 11.5 Å². The molecule has 2 heteroatoms. The number of methoxy groups -OCH3 is 1. The Labute approximate surface area is 85.8 Å². The van der Waals surface area contributed by atoms with Gasteiger partial charge in [0.1, 0.15) is 0 Å². The molecule has 0 saturated heterocycles. The van der Waals surface area contributed by atoms with E-state index >= 15 is 0 Å². The normalized spacial score (nSPS) is 10.4. The Morgan fingerprint density at radius 1 is 1.43 bits per heavy atom. The molecule has 0 aliphatic rings. The fourth-order valence-corrected chi connectivity index (χ4v) is 1.38. The minimum atomic E-state index is 0.201. The minimum absolute atomic E-state index is 0.201. The van der Waals surface area contributed by atoms with Crippen LogP contribution in [0.1, 0.15) is 25.3 Å². The smallest absolute Gasteiger partial charge is 0.164 e. The fraction of sp³-hybridized carbons (Fsp3) is 0.417. The molecule has 1 aromatic rings. The Morgan fingerprint density at radius 2 is 2.14 bits per heavy atom. The van der Waals surface area contributed by atoms with E-state index in [1.165, 1.54) is 0 Å². The first-order valence-corrected chi connectivity index (χ1v) is 4.83. The summed E-state index contributed by atoms with van der Waals surface area (Å²) in [5.74, 6) is 1.80. The van der Waals surface area contributed by atoms with Crippen LogP contribution in [0.15, 0.2) is 18.2 Å². The molecule has 0 aromatic heterocycles. The summed E-state index contributed by atoms with van der Waals surface area (Å²) in [4.78, 5) is 0. The van der Waals surface area contributed by atoms with Crippen LogP contribution in [0.25, 0.3) is 0 Å². The molecule has 77 valence electrons. The highest BCUT2D eigenvalue weighted by Crippen LogP contribution is 2.35. The lowest BCUT2D eigenvalue weighted by Crippen LogP contribution is -2.00. The van der Waals surface area contributed by atoms with E-state index in [1.54, 1.807) is 7.11 Å². The van der Waals surface area contributed by atoms with Gasteiger partial charge in [-0.3, -0.25) is 0 Å². The van der Waals surface area contributed by atoms with Crippen LogP contribution in [0.3, 0.4) is 0 Å². The minimum Gasteiger partial charge on any atom is -0.493 e. The second-order valence-corrected chi connectivity index (χ2v) is 3.21. The molecule has 14 heavy (non-hydrogen) atoms. The molecule has 0 amide bonds. The molecule has 0 bridgehead atoms. The van der Waals surface area contributed by atoms with Gasteiger partial charge in [0, 0.05) is 5.56 Å². The quantitative estimate of drug-likeness (QED) is 0.731. The van der Waals surface area contributed by atoms with Crippen molar-refractivity contribution in [1.29, 1.82) is 0 Å². The van der Waals surface area contributed by atoms with Crippen molar-refractivity contribution in [1.82, 2.24) is 0 Å². The van der Waals surface area contributed by atoms with E-state index in [1.807, 2.05) is 32.0 Å². The van der Waals surface area contributed by atoms with Gasteiger partial charge >= 0.3 is 0 Å². The van der Waals surface area contributed by atoms with Crippen molar-refractivity contribution in [2.45, 2.75) is 19.8 Å². The van der Waals surface area contributed by atoms with Gasteiger partial charge in [0.15, 0.2) is 11.5 Å². The summed E-state index contributed by atoms with van der Waals surface area (Å²) in [6.07, 6.45) is 0. The van der Waals surface area contributed by atoms with E-state index in [4.69, 9.17) is 9.47 Å². The topological polar surface area (TPSA) is 18.5 Å². The van der Waals surface area contributed by atoms with Crippen molar-refractivity contribution < 1.29 is 9.47 Å². The van der Waals surface area contributed by atoms with Gasteiger partial charge < -0.3 is 9.47 Å². The summed E-state index contributed by atoms with van der Waals surface area (Å²) in [6, 6.07) is 5.88. The Bertz CT molecular complexity index is 292. The van der Waals surface area contributed by atoms with Crippen LogP contribution in [0, 0.1) is 6.92 Å². The van der Waals surface area contributed by atoms with Gasteiger partial charge in [-0.15, -0.1) is 0 Å². The molecule has 0 spiro atoms. The predicted octanol–water partition coefficient (Wildman–Crippen LogP) is 3.03. The van der Waals surface area contributed by atoms with Gasteiger partial charge in [-0.25, -0.2) is 0 Å². The van der Waals surface area contributed by atoms with Crippen LogP contribution >= 0.6 is 0 Å². The van der Waals surface area contributed by atoms with Gasteiger partial charge in [0.05, 0.1) is 13.7 Å². The Hall–Kier alpha value is -1.18. The SMILES string of the molecule is [CH2]C(C)c1cccc(OC)c1OCC. The first-order valence-electron chi connectivity index (χ1n) is 4.83. The lowest BCUT2D eigenvalue weighted by molar-refractivity contribution is 0.307. The molecule has 1 atom stereocenters. The van der Waals surface area contributed by atoms with E-state index in [0.717, 1.165) is 17.1 Å². The van der Waals surface area contributed by atoms with Crippen LogP contribution in [0.4, 0.5) is 0 Å². The van der Waals surface area contributed by atoms with Crippen LogP contribution < -0.4 is 9.47 Å². The largest absolute Gasteiger partial charge is 0.493 e. The Balaban J connectivity index is 3.13. The highest BCUT2D eigenvalue weighted by molar-refractivity contribution is 5.48. The van der Waals surface area contributed by atoms with Gasteiger partial charge in [0.2, 0.25) is 0 Å². The second kappa shape index (κ2) is 4.89. The third-order valence-corrected chi connectivity index (χ3v) is 2.05. The number of para-hydroxylation sites is 1. The van der Waals surface area contributed by atoms with Crippen molar-refractivity contribution in [3.05, 3.63) is 30.7 Å². The summed E-state index contributed by atoms with van der Waals surface area (Å²) >= 11 is 0. The maximum absolute atomic E-state index is 5.56. The van der Waals surface area contributed by atoms with E-state index in [2.05, 4.69) is 6.92 Å². The van der Waals surface area contributed by atoms with Crippen molar-refractivity contribution >= 4 is 0 Å². The molecule has 0 aliphatic heterocycles. The third kappa shape index (κ3) is 2.19. The zero-order valence-corrected chi connectivity index (χ0v) is 9.04. The molecule has 0 heterocycles. The second-order valence-electron chi connectivity index (χ2n) is 3.21. The van der Waals surface area contributed by atoms with E-state index < -0.39 is 0 Å². The van der Waals surface area contributed by atoms with E-state index in [-0.39, 0.29) is 5.92 Å². The van der Waals surface area contributed by atoms with Crippen LogP contribution in [0.5, 0.6) is 11.5 Å². The molecule has 1 rings (SSSR count). The first-order chi connectivity index (χ1) is 6.70. The molecular formula is C12H17O2. The zero-order valence-electron chi connectivity index (χ0n) is 9.04. The third-order valence-electron chi connectivity index (χ3n) is 2.05. The highest BCUT2D eigenvalue weighted by Gasteiger charge is 2.12. The van der Waals surface area contributed by atoms with Crippen molar-refractivity contribution in [2.75, 3.05) is 13.7 Å². The molecule has 0 saturated carbocycles. The summed E-state index contributed by atoms with van der Waals surface area (Å²) in [5.41, 5.74) is 1.09. The maximum atomic E-state index is 5.56. The number of hydrogen-bond donors (Lipinski definition) is 0. The molecule has 1 aromatic carbocycles. The number of benzene rings is 1. The highest BCUT2D eigenvalue weighted by atomic mass is 16.5. The monoisotopic (exact) mass is 193 g/mol. The van der Waals surface area contributed by atoms with Gasteiger partial charge in [-0.05, 0) is 25.8 Å². The summed E-state index contributed by atoms with van der Waals surface area (Å²) < 4.78 is 10.8. The standard InChI is InChI=1S/C12H17O2/c1-5-14-12-10(9(2)3)7-6-8-11(12)13-4/h6-9H,2,5H2,1,3-4H3. The maximum Gasteiger partial charge on any atom is 0.164 e. The molecule has 0 aliphatic carbocycles. The van der Waals surface area contributed by atoms with Crippen LogP contribution in [-0.2, 0) is 0 Å². The van der Waals surface area contributed by atoms with Gasteiger partial charge in [0.25, 0.3) is 0 Å². The lowest BCUT2D eigenvalue weighted by atomic mass is 10.0. The van der Waals surface area contributed by atoms with Crippen LogP contribution in [0.2, 0.25) is 0 Å². The number of ether oxygens (including phenoxy) is 2. The number of hydrogen-bond acceptors (Lipinski definition) is 2. The fourth-order valence-electron chi connectivity index (χ4n) is 1.38. The molecule has 1 radical (unpaired) electrons. The van der Waals surface area contributed by atoms with Crippen molar-refractivity contribution in [3.63, 3.8) is 0 Å². The average Bonchev–Trinajstić information content (AvgIpc) is 2.18. The predicted molar refractivity (Wildman–Crippen MR) is 57.9 cm³/mol. The summed E-state index contributed by atoms with van der Waals surface area (Å²) in [7, 11) is 1.65. The lowest BCUT2D eigenvalue weighted by Gasteiger charge is -2.15. The molecule has 2 nitrogen and oxygen atoms in total. The summed E-state index contributed by atoms with van der Waals surface area (Å²) in [5, 5.41) is 0. The molecule has 0 N–H and O–H groups in total. The van der Waals surface area contributed by atoms with E-state index in [9.17, 15) is 0 Å². The average molecular weight is 193 g/mol. The molecule has 1 unspecified atom stereocenters. The Morgan fingerprint density at radius 3 is 2.64 bits per heavy atom. The van der Waals surface area contributed by atoms with Gasteiger partial charge in [-0.2, -0.15) is 0 Å². The molecular weight excluding hydrogens is 176 g/mol. The zero-order chi connectivity index (χ0) is 10.6. The first kappa shape index (κ1) is 10.9. The van der Waals surface area contributed by atoms with Gasteiger partial charge in [-0.1, -0.05) is 19.1 Å². The van der Waals surface area contributed by atoms with Crippen LogP contribution in [-0.4, -0.2) is 13.7 Å².